The van der Waals surface area contributed by atoms with Crippen LogP contribution in [0.2, 0.25) is 0 Å². The van der Waals surface area contributed by atoms with E-state index >= 15 is 0 Å². The molecule has 0 unspecified atom stereocenters. The van der Waals surface area contributed by atoms with E-state index in [1.54, 1.807) is 0 Å². The van der Waals surface area contributed by atoms with Gasteiger partial charge >= 0.3 is 0 Å². The van der Waals surface area contributed by atoms with Crippen molar-refractivity contribution in [2.45, 2.75) is 0 Å². The first-order valence-corrected chi connectivity index (χ1v) is 0.689. The second-order valence-electron chi connectivity index (χ2n) is 0.125. The van der Waals surface area contributed by atoms with Gasteiger partial charge in [-0.1, -0.05) is 0 Å². The summed E-state index contributed by atoms with van der Waals surface area (Å²) in [6.45, 7) is 0. The van der Waals surface area contributed by atoms with Gasteiger partial charge in [-0.05, 0) is 0 Å². The maximum absolute atomic E-state index is 8.75. The van der Waals surface area contributed by atoms with Crippen molar-refractivity contribution in [3.8, 4) is 0 Å². The van der Waals surface area contributed by atoms with Crippen LogP contribution in [0, 0.1) is 18.0 Å². The Kier molecular flexibility index (Phi) is 325. The van der Waals surface area contributed by atoms with Gasteiger partial charge in [0.05, 0.1) is 6.01 Å². The first kappa shape index (κ1) is 8.85. The summed E-state index contributed by atoms with van der Waals surface area (Å²) in [7, 11) is 4.25. The summed E-state index contributed by atoms with van der Waals surface area (Å²) in [6, 6.07) is 1.25. The maximum Gasteiger partial charge on any atom is 0.232 e. The van der Waals surface area contributed by atoms with E-state index in [9.17, 15) is 0 Å². The smallest absolute Gasteiger partial charge is 0.232 e. The lowest BCUT2D eigenvalue weighted by molar-refractivity contribution is 0.713. The van der Waals surface area contributed by atoms with Crippen molar-refractivity contribution in [1.29, 1.82) is 10.8 Å². The molecule has 0 amide bonds. The fourth-order valence-electron chi connectivity index (χ4n) is 0. The minimum Gasteiger partial charge on any atom is -0.242 e. The lowest BCUT2D eigenvalue weighted by atomic mass is 11.6. The fraction of sp³-hybridized carbons (Fsp3) is 0. The third kappa shape index (κ3) is 11.9. The Hall–Kier alpha value is -0.690. The molecule has 0 aromatic heterocycles. The van der Waals surface area contributed by atoms with Gasteiger partial charge in [0.25, 0.3) is 0 Å². The van der Waals surface area contributed by atoms with Crippen LogP contribution in [0.15, 0.2) is 0 Å². The largest absolute Gasteiger partial charge is 0.242 e. The molecule has 0 heterocycles. The molecule has 0 saturated carbocycles. The van der Waals surface area contributed by atoms with Crippen LogP contribution in [0.4, 0.5) is 4.39 Å². The summed E-state index contributed by atoms with van der Waals surface area (Å²) < 4.78 is 8.75. The van der Waals surface area contributed by atoms with Gasteiger partial charge in [0.1, 0.15) is 0 Å². The minimum atomic E-state index is 1.25. The zero-order valence-electron chi connectivity index (χ0n) is 2.38. The zero-order valence-corrected chi connectivity index (χ0v) is 2.38. The van der Waals surface area contributed by atoms with Crippen molar-refractivity contribution in [3.63, 3.8) is 0 Å². The number of nitrogens with one attached hydrogen (secondary N) is 2. The van der Waals surface area contributed by atoms with Gasteiger partial charge in [-0.15, -0.1) is 0 Å². The average Bonchev–Trinajstić information content (AvgIpc) is 1.46. The molecule has 2 nitrogen and oxygen atoms in total. The third-order valence-electron chi connectivity index (χ3n) is 0. The van der Waals surface area contributed by atoms with E-state index in [-0.39, 0.29) is 0 Å². The van der Waals surface area contributed by atoms with Crippen LogP contribution in [0.1, 0.15) is 0 Å². The summed E-state index contributed by atoms with van der Waals surface area (Å²) in [5, 5.41) is 11.2. The topological polar surface area (TPSA) is 47.7 Å². The highest BCUT2D eigenvalue weighted by Gasteiger charge is 1.03. The van der Waals surface area contributed by atoms with Gasteiger partial charge in [0.2, 0.25) is 7.18 Å². The quantitative estimate of drug-likeness (QED) is 0.399. The Balaban J connectivity index is 0. The van der Waals surface area contributed by atoms with Crippen molar-refractivity contribution < 1.29 is 4.39 Å². The summed E-state index contributed by atoms with van der Waals surface area (Å²) in [5.41, 5.74) is 0. The van der Waals surface area contributed by atoms with Crippen LogP contribution in [-0.4, -0.2) is 6.01 Å². The SMILES string of the molecule is N=C=N.[C]F. The zero-order chi connectivity index (χ0) is 4.71. The normalized spacial score (nSPS) is 2.80. The molecule has 27 valence electrons. The monoisotopic (exact) mass is 73.0 g/mol. The molecule has 0 aromatic carbocycles. The predicted octanol–water partition coefficient (Wildman–Crippen LogP) is 0.819. The average molecular weight is 73.1 g/mol. The van der Waals surface area contributed by atoms with Crippen molar-refractivity contribution >= 4 is 6.01 Å². The Morgan fingerprint density at radius 3 is 1.40 bits per heavy atom. The highest BCUT2D eigenvalue weighted by Crippen LogP contribution is 1.27. The Labute approximate surface area is 29.6 Å². The lowest BCUT2D eigenvalue weighted by Gasteiger charge is -1.09. The van der Waals surface area contributed by atoms with E-state index in [4.69, 9.17) is 15.2 Å². The molecule has 0 aromatic rings. The molecule has 0 spiro atoms. The number of hydrogen-bond acceptors (Lipinski definition) is 2. The lowest BCUT2D eigenvalue weighted by Crippen LogP contribution is -1.11. The molecule has 3 radical (unpaired) electrons. The van der Waals surface area contributed by atoms with E-state index in [0.29, 0.717) is 0 Å². The number of halogens is 1. The molecule has 0 bridgehead atoms. The molecule has 0 fully saturated rings. The molecule has 5 heavy (non-hydrogen) atoms. The minimum absolute atomic E-state index is 1.25. The van der Waals surface area contributed by atoms with Gasteiger partial charge in [0.15, 0.2) is 0 Å². The summed E-state index contributed by atoms with van der Waals surface area (Å²) in [6.07, 6.45) is 0. The second kappa shape index (κ2) is 184. The molecular formula is C2H2FN2. The number of rotatable bonds is 0. The Morgan fingerprint density at radius 1 is 1.40 bits per heavy atom. The summed E-state index contributed by atoms with van der Waals surface area (Å²) in [4.78, 5) is 0. The van der Waals surface area contributed by atoms with Crippen molar-refractivity contribution in [2.24, 2.45) is 0 Å². The second-order valence-corrected chi connectivity index (χ2v) is 0.125. The van der Waals surface area contributed by atoms with Crippen molar-refractivity contribution in [1.82, 2.24) is 0 Å². The summed E-state index contributed by atoms with van der Waals surface area (Å²) >= 11 is 0. The maximum atomic E-state index is 8.75. The van der Waals surface area contributed by atoms with Crippen LogP contribution >= 0.6 is 0 Å². The standard InChI is InChI=1S/CF.CH2N2/c1-2;2-1-3/h;2-3H. The van der Waals surface area contributed by atoms with Crippen LogP contribution in [0.5, 0.6) is 0 Å². The van der Waals surface area contributed by atoms with Gasteiger partial charge in [-0.2, -0.15) is 0 Å². The molecule has 0 aliphatic heterocycles. The predicted molar refractivity (Wildman–Crippen MR) is 14.8 cm³/mol. The first-order chi connectivity index (χ1) is 2.41. The Bertz CT molecular complexity index is 28.6. The van der Waals surface area contributed by atoms with E-state index in [0.717, 1.165) is 0 Å². The molecule has 0 aliphatic rings. The molecule has 0 rings (SSSR count). The first-order valence-electron chi connectivity index (χ1n) is 0.689. The highest BCUT2D eigenvalue weighted by atomic mass is 19.1. The van der Waals surface area contributed by atoms with Crippen molar-refractivity contribution in [3.05, 3.63) is 7.18 Å². The van der Waals surface area contributed by atoms with Gasteiger partial charge in [0, 0.05) is 0 Å². The van der Waals surface area contributed by atoms with E-state index in [2.05, 4.69) is 7.18 Å². The van der Waals surface area contributed by atoms with Crippen LogP contribution in [-0.2, 0) is 0 Å². The van der Waals surface area contributed by atoms with Crippen LogP contribution < -0.4 is 0 Å². The highest BCUT2D eigenvalue weighted by molar-refractivity contribution is 5.29. The third-order valence-corrected chi connectivity index (χ3v) is 0. The molecule has 0 aliphatic carbocycles. The van der Waals surface area contributed by atoms with Crippen LogP contribution in [0.3, 0.4) is 0 Å². The van der Waals surface area contributed by atoms with E-state index in [1.165, 1.54) is 6.01 Å². The van der Waals surface area contributed by atoms with Gasteiger partial charge in [-0.25, -0.2) is 15.2 Å². The molecular weight excluding hydrogens is 71.0 g/mol. The molecule has 0 saturated heterocycles. The van der Waals surface area contributed by atoms with Gasteiger partial charge < -0.3 is 0 Å². The van der Waals surface area contributed by atoms with E-state index < -0.39 is 0 Å². The Morgan fingerprint density at radius 2 is 1.40 bits per heavy atom. The van der Waals surface area contributed by atoms with E-state index in [1.807, 2.05) is 0 Å². The van der Waals surface area contributed by atoms with Crippen molar-refractivity contribution in [2.75, 3.05) is 0 Å². The van der Waals surface area contributed by atoms with Crippen LogP contribution in [0.25, 0.3) is 0 Å². The number of hydrogen-bond donors (Lipinski definition) is 2. The summed E-state index contributed by atoms with van der Waals surface area (Å²) in [5.74, 6) is 0. The molecule has 3 heteroatoms. The fourth-order valence-corrected chi connectivity index (χ4v) is 0. The van der Waals surface area contributed by atoms with Gasteiger partial charge in [-0.3, -0.25) is 0 Å². The molecule has 0 atom stereocenters. The molecule has 2 N–H and O–H groups in total.